The summed E-state index contributed by atoms with van der Waals surface area (Å²) in [6, 6.07) is 8.74. The molecule has 1 rings (SSSR count). The zero-order chi connectivity index (χ0) is 16.8. The molecule has 0 aliphatic rings. The van der Waals surface area contributed by atoms with Gasteiger partial charge < -0.3 is 4.74 Å². The Morgan fingerprint density at radius 2 is 1.82 bits per heavy atom. The highest BCUT2D eigenvalue weighted by Crippen LogP contribution is 2.09. The summed E-state index contributed by atoms with van der Waals surface area (Å²) < 4.78 is 31.6. The summed E-state index contributed by atoms with van der Waals surface area (Å²) in [7, 11) is -3.31. The second-order valence-corrected chi connectivity index (χ2v) is 8.24. The van der Waals surface area contributed by atoms with Crippen LogP contribution in [0.1, 0.15) is 50.9 Å². The first-order valence-corrected chi connectivity index (χ1v) is 9.02. The topological polar surface area (TPSA) is 72.5 Å². The molecule has 0 aliphatic heterocycles. The molecular formula is C16H25NO4S. The Morgan fingerprint density at radius 3 is 2.36 bits per heavy atom. The number of nitrogens with one attached hydrogen (secondary N) is 1. The molecule has 1 N–H and O–H groups in total. The van der Waals surface area contributed by atoms with Crippen LogP contribution in [-0.4, -0.2) is 31.8 Å². The molecule has 5 nitrogen and oxygen atoms in total. The lowest BCUT2D eigenvalue weighted by atomic mass is 10.1. The fourth-order valence-corrected chi connectivity index (χ4v) is 3.54. The number of hydrogen-bond donors (Lipinski definition) is 1. The smallest absolute Gasteiger partial charge is 0.338 e. The van der Waals surface area contributed by atoms with Crippen LogP contribution in [-0.2, 0) is 14.8 Å². The maximum absolute atomic E-state index is 11.9. The van der Waals surface area contributed by atoms with Crippen molar-refractivity contribution in [2.24, 2.45) is 0 Å². The molecule has 1 aromatic rings. The van der Waals surface area contributed by atoms with Crippen molar-refractivity contribution in [2.45, 2.75) is 52.2 Å². The molecule has 22 heavy (non-hydrogen) atoms. The average Bonchev–Trinajstić information content (AvgIpc) is 2.36. The molecule has 1 unspecified atom stereocenters. The molecule has 1 atom stereocenters. The van der Waals surface area contributed by atoms with Crippen LogP contribution < -0.4 is 4.72 Å². The molecule has 0 fully saturated rings. The fourth-order valence-electron chi connectivity index (χ4n) is 1.96. The predicted molar refractivity (Wildman–Crippen MR) is 87.2 cm³/mol. The number of carbonyl (C=O) groups is 1. The normalized spacial score (nSPS) is 13.6. The fraction of sp³-hybridized carbons (Fsp3) is 0.562. The Hall–Kier alpha value is -1.40. The third-order valence-electron chi connectivity index (χ3n) is 2.80. The lowest BCUT2D eigenvalue weighted by Crippen LogP contribution is -2.41. The van der Waals surface area contributed by atoms with Crippen LogP contribution in [0.2, 0.25) is 0 Å². The van der Waals surface area contributed by atoms with E-state index in [2.05, 4.69) is 4.72 Å². The number of ether oxygens (including phenoxy) is 1. The monoisotopic (exact) mass is 327 g/mol. The molecule has 124 valence electrons. The van der Waals surface area contributed by atoms with E-state index in [4.69, 9.17) is 4.74 Å². The Bertz CT molecular complexity index is 576. The minimum atomic E-state index is -3.31. The van der Waals surface area contributed by atoms with Crippen molar-refractivity contribution in [1.29, 1.82) is 0 Å². The first-order valence-electron chi connectivity index (χ1n) is 7.37. The lowest BCUT2D eigenvalue weighted by Gasteiger charge is -2.20. The van der Waals surface area contributed by atoms with Crippen molar-refractivity contribution < 1.29 is 17.9 Å². The van der Waals surface area contributed by atoms with E-state index in [1.807, 2.05) is 6.07 Å². The van der Waals surface area contributed by atoms with Crippen molar-refractivity contribution in [1.82, 2.24) is 4.72 Å². The van der Waals surface area contributed by atoms with Gasteiger partial charge in [0.2, 0.25) is 10.0 Å². The highest BCUT2D eigenvalue weighted by Gasteiger charge is 2.20. The Labute approximate surface area is 133 Å². The van der Waals surface area contributed by atoms with E-state index in [1.165, 1.54) is 0 Å². The third kappa shape index (κ3) is 7.56. The van der Waals surface area contributed by atoms with Crippen LogP contribution in [0.15, 0.2) is 30.3 Å². The first-order chi connectivity index (χ1) is 10.1. The van der Waals surface area contributed by atoms with Crippen molar-refractivity contribution in [3.8, 4) is 0 Å². The highest BCUT2D eigenvalue weighted by atomic mass is 32.2. The number of carbonyl (C=O) groups excluding carboxylic acids is 1. The van der Waals surface area contributed by atoms with Gasteiger partial charge in [-0.15, -0.1) is 0 Å². The van der Waals surface area contributed by atoms with Crippen LogP contribution in [0.4, 0.5) is 0 Å². The number of rotatable bonds is 7. The number of benzene rings is 1. The van der Waals surface area contributed by atoms with Gasteiger partial charge in [-0.2, -0.15) is 0 Å². The number of sulfonamides is 1. The van der Waals surface area contributed by atoms with Gasteiger partial charge in [0.1, 0.15) is 0 Å². The molecule has 0 aliphatic carbocycles. The summed E-state index contributed by atoms with van der Waals surface area (Å²) in [6.07, 6.45) is 0.621. The molecule has 0 saturated heterocycles. The standard InChI is InChI=1S/C16H25NO4S/c1-13(21-15(18)14-10-6-5-7-11-14)9-8-12-22(19,20)17-16(2,3)4/h5-7,10-11,13,17H,8-9,12H2,1-4H3. The van der Waals surface area contributed by atoms with E-state index in [1.54, 1.807) is 52.0 Å². The van der Waals surface area contributed by atoms with Crippen molar-refractivity contribution in [3.05, 3.63) is 35.9 Å². The van der Waals surface area contributed by atoms with E-state index in [9.17, 15) is 13.2 Å². The van der Waals surface area contributed by atoms with Gasteiger partial charge in [0, 0.05) is 5.54 Å². The molecule has 6 heteroatoms. The molecule has 0 radical (unpaired) electrons. The van der Waals surface area contributed by atoms with Gasteiger partial charge in [-0.05, 0) is 52.7 Å². The summed E-state index contributed by atoms with van der Waals surface area (Å²) in [6.45, 7) is 7.17. The van der Waals surface area contributed by atoms with Gasteiger partial charge in [-0.3, -0.25) is 0 Å². The molecule has 0 spiro atoms. The van der Waals surface area contributed by atoms with Gasteiger partial charge in [-0.1, -0.05) is 18.2 Å². The van der Waals surface area contributed by atoms with Crippen molar-refractivity contribution >= 4 is 16.0 Å². The highest BCUT2D eigenvalue weighted by molar-refractivity contribution is 7.89. The lowest BCUT2D eigenvalue weighted by molar-refractivity contribution is 0.0324. The third-order valence-corrected chi connectivity index (χ3v) is 4.55. The van der Waals surface area contributed by atoms with E-state index >= 15 is 0 Å². The summed E-state index contributed by atoms with van der Waals surface area (Å²) in [5, 5.41) is 0. The Kier molecular flexibility index (Phi) is 6.56. The van der Waals surface area contributed by atoms with E-state index in [0.29, 0.717) is 18.4 Å². The van der Waals surface area contributed by atoms with Crippen LogP contribution in [0, 0.1) is 0 Å². The molecule has 0 bridgehead atoms. The van der Waals surface area contributed by atoms with Gasteiger partial charge in [-0.25, -0.2) is 17.9 Å². The molecule has 0 amide bonds. The Balaban J connectivity index is 2.38. The zero-order valence-electron chi connectivity index (χ0n) is 13.6. The van der Waals surface area contributed by atoms with Gasteiger partial charge in [0.15, 0.2) is 0 Å². The molecular weight excluding hydrogens is 302 g/mol. The minimum Gasteiger partial charge on any atom is -0.459 e. The molecule has 0 heterocycles. The number of hydrogen-bond acceptors (Lipinski definition) is 4. The van der Waals surface area contributed by atoms with Crippen LogP contribution in [0.3, 0.4) is 0 Å². The Morgan fingerprint density at radius 1 is 1.23 bits per heavy atom. The van der Waals surface area contributed by atoms with E-state index in [-0.39, 0.29) is 17.8 Å². The van der Waals surface area contributed by atoms with Gasteiger partial charge in [0.25, 0.3) is 0 Å². The first kappa shape index (κ1) is 18.6. The summed E-state index contributed by atoms with van der Waals surface area (Å²) in [5.41, 5.74) is 0.0147. The van der Waals surface area contributed by atoms with Crippen LogP contribution in [0.5, 0.6) is 0 Å². The van der Waals surface area contributed by atoms with Crippen molar-refractivity contribution in [3.63, 3.8) is 0 Å². The summed E-state index contributed by atoms with van der Waals surface area (Å²) >= 11 is 0. The quantitative estimate of drug-likeness (QED) is 0.782. The minimum absolute atomic E-state index is 0.0253. The largest absolute Gasteiger partial charge is 0.459 e. The van der Waals surface area contributed by atoms with Gasteiger partial charge >= 0.3 is 5.97 Å². The SMILES string of the molecule is CC(CCCS(=O)(=O)NC(C)(C)C)OC(=O)c1ccccc1. The number of esters is 1. The van der Waals surface area contributed by atoms with Crippen LogP contribution in [0.25, 0.3) is 0 Å². The summed E-state index contributed by atoms with van der Waals surface area (Å²) in [4.78, 5) is 11.8. The maximum atomic E-state index is 11.9. The maximum Gasteiger partial charge on any atom is 0.338 e. The second kappa shape index (κ2) is 7.74. The second-order valence-electron chi connectivity index (χ2n) is 6.40. The molecule has 0 aromatic heterocycles. The average molecular weight is 327 g/mol. The zero-order valence-corrected chi connectivity index (χ0v) is 14.4. The van der Waals surface area contributed by atoms with E-state index in [0.717, 1.165) is 0 Å². The van der Waals surface area contributed by atoms with E-state index < -0.39 is 15.6 Å². The van der Waals surface area contributed by atoms with Crippen molar-refractivity contribution in [2.75, 3.05) is 5.75 Å². The summed E-state index contributed by atoms with van der Waals surface area (Å²) in [5.74, 6) is -0.360. The molecule has 1 aromatic carbocycles. The predicted octanol–water partition coefficient (Wildman–Crippen LogP) is 2.73. The molecule has 0 saturated carbocycles. The van der Waals surface area contributed by atoms with Gasteiger partial charge in [0.05, 0.1) is 17.4 Å². The van der Waals surface area contributed by atoms with Crippen LogP contribution >= 0.6 is 0 Å².